The van der Waals surface area contributed by atoms with E-state index in [-0.39, 0.29) is 39.4 Å². The Kier molecular flexibility index (Phi) is 10.1. The number of thioether (sulfide) groups is 1. The lowest BCUT2D eigenvalue weighted by molar-refractivity contribution is -0.150. The van der Waals surface area contributed by atoms with Crippen LogP contribution in [0.3, 0.4) is 0 Å². The monoisotopic (exact) mass is 692 g/mol. The maximum Gasteiger partial charge on any atom is 0.387 e. The zero-order chi connectivity index (χ0) is 30.9. The molecule has 1 saturated heterocycles. The average Bonchev–Trinajstić information content (AvgIpc) is 3.50. The molecule has 2 aromatic heterocycles. The van der Waals surface area contributed by atoms with Gasteiger partial charge >= 0.3 is 12.6 Å². The van der Waals surface area contributed by atoms with E-state index in [2.05, 4.69) is 9.72 Å². The van der Waals surface area contributed by atoms with E-state index in [1.54, 1.807) is 13.0 Å². The van der Waals surface area contributed by atoms with Gasteiger partial charge in [-0.2, -0.15) is 13.1 Å². The molecular weight excluding hydrogens is 665 g/mol. The fraction of sp³-hybridized carbons (Fsp3) is 0.429. The predicted octanol–water partition coefficient (Wildman–Crippen LogP) is 7.05. The molecule has 2 unspecified atom stereocenters. The summed E-state index contributed by atoms with van der Waals surface area (Å²) in [5.41, 5.74) is 0.837. The van der Waals surface area contributed by atoms with Crippen molar-refractivity contribution in [1.82, 2.24) is 9.29 Å². The van der Waals surface area contributed by atoms with Crippen LogP contribution in [-0.2, 0) is 26.0 Å². The summed E-state index contributed by atoms with van der Waals surface area (Å²) in [7, 11) is -3.98. The fourth-order valence-corrected chi connectivity index (χ4v) is 9.74. The molecule has 5 rings (SSSR count). The van der Waals surface area contributed by atoms with Crippen molar-refractivity contribution in [2.75, 3.05) is 18.9 Å². The number of nitrogens with zero attached hydrogens (tertiary/aromatic N) is 2. The second-order valence-corrected chi connectivity index (χ2v) is 15.5. The quantitative estimate of drug-likeness (QED) is 0.187. The second kappa shape index (κ2) is 13.5. The molecule has 1 aromatic carbocycles. The van der Waals surface area contributed by atoms with Crippen molar-refractivity contribution >= 4 is 62.3 Å². The van der Waals surface area contributed by atoms with Crippen LogP contribution in [0, 0.1) is 19.8 Å². The minimum absolute atomic E-state index is 0.00396. The van der Waals surface area contributed by atoms with Gasteiger partial charge in [0.15, 0.2) is 16.9 Å². The summed E-state index contributed by atoms with van der Waals surface area (Å²) in [6.45, 7) is 0.931. The van der Waals surface area contributed by atoms with Crippen LogP contribution in [-0.4, -0.2) is 54.6 Å². The number of hydrogen-bond acceptors (Lipinski definition) is 9. The minimum atomic E-state index is -3.98. The first-order valence-corrected chi connectivity index (χ1v) is 17.4. The highest BCUT2D eigenvalue weighted by atomic mass is 35.5. The van der Waals surface area contributed by atoms with Crippen LogP contribution < -0.4 is 9.47 Å². The number of ether oxygens (including phenoxy) is 3. The summed E-state index contributed by atoms with van der Waals surface area (Å²) >= 11 is 15.3. The summed E-state index contributed by atoms with van der Waals surface area (Å²) in [6, 6.07) is 5.89. The Labute approximate surface area is 266 Å². The van der Waals surface area contributed by atoms with Gasteiger partial charge in [0, 0.05) is 40.9 Å². The first kappa shape index (κ1) is 32.2. The molecule has 2 fully saturated rings. The van der Waals surface area contributed by atoms with Crippen molar-refractivity contribution in [1.29, 1.82) is 0 Å². The largest absolute Gasteiger partial charge is 0.489 e. The van der Waals surface area contributed by atoms with E-state index in [1.807, 2.05) is 6.92 Å². The van der Waals surface area contributed by atoms with Crippen LogP contribution in [0.25, 0.3) is 0 Å². The van der Waals surface area contributed by atoms with E-state index in [0.717, 1.165) is 33.8 Å². The Balaban J connectivity index is 1.47. The van der Waals surface area contributed by atoms with Crippen molar-refractivity contribution in [2.45, 2.75) is 56.1 Å². The normalized spacial score (nSPS) is 18.2. The van der Waals surface area contributed by atoms with Crippen molar-refractivity contribution in [3.63, 3.8) is 0 Å². The van der Waals surface area contributed by atoms with Gasteiger partial charge in [0.05, 0.1) is 21.5 Å². The number of thiophene rings is 1. The molecule has 43 heavy (non-hydrogen) atoms. The zero-order valence-corrected chi connectivity index (χ0v) is 27.1. The second-order valence-electron chi connectivity index (χ2n) is 10.2. The Morgan fingerprint density at radius 1 is 1.14 bits per heavy atom. The van der Waals surface area contributed by atoms with Gasteiger partial charge in [-0.3, -0.25) is 4.98 Å². The van der Waals surface area contributed by atoms with Crippen LogP contribution >= 0.6 is 46.3 Å². The highest BCUT2D eigenvalue weighted by Gasteiger charge is 2.43. The first-order chi connectivity index (χ1) is 20.4. The molecule has 8 nitrogen and oxygen atoms in total. The molecule has 3 aromatic rings. The number of hydrogen-bond donors (Lipinski definition) is 0. The number of esters is 1. The van der Waals surface area contributed by atoms with Gasteiger partial charge in [0.1, 0.15) is 6.10 Å². The smallest absolute Gasteiger partial charge is 0.387 e. The van der Waals surface area contributed by atoms with E-state index < -0.39 is 34.1 Å². The highest BCUT2D eigenvalue weighted by Crippen LogP contribution is 2.40. The fourth-order valence-electron chi connectivity index (χ4n) is 4.64. The highest BCUT2D eigenvalue weighted by molar-refractivity contribution is 8.02. The molecule has 1 saturated carbocycles. The Morgan fingerprint density at radius 2 is 1.86 bits per heavy atom. The van der Waals surface area contributed by atoms with E-state index in [4.69, 9.17) is 32.7 Å². The van der Waals surface area contributed by atoms with Gasteiger partial charge in [0.2, 0.25) is 10.0 Å². The topological polar surface area (TPSA) is 95.0 Å². The lowest BCUT2D eigenvalue weighted by Gasteiger charge is -2.26. The maximum atomic E-state index is 13.7. The number of sulfonamides is 1. The summed E-state index contributed by atoms with van der Waals surface area (Å²) < 4.78 is 71.1. The molecule has 0 N–H and O–H groups in total. The number of benzene rings is 1. The third kappa shape index (κ3) is 7.56. The lowest BCUT2D eigenvalue weighted by atomic mass is 10.0. The Hall–Kier alpha value is -2.16. The molecular formula is C28H28Cl2F2N2O6S3. The molecule has 0 bridgehead atoms. The number of alkyl halides is 2. The van der Waals surface area contributed by atoms with Gasteiger partial charge in [-0.25, -0.2) is 13.2 Å². The standard InChI is InChI=1S/C28H28Cl2F2N2O6S3/c1-15-9-25(16(2)42-15)43(36,37)34-7-8-41-26(34)27(35)39-23(11-19-20(29)12-33-13-21(19)30)18-5-6-22(40-28(31)32)24(10-18)38-14-17-3-4-17/h5-6,9-10,12-13,17,23,26,28H,3-4,7-8,11,14H2,1-2H3. The van der Waals surface area contributed by atoms with Gasteiger partial charge in [0.25, 0.3) is 0 Å². The lowest BCUT2D eigenvalue weighted by Crippen LogP contribution is -2.40. The summed E-state index contributed by atoms with van der Waals surface area (Å²) in [5, 5.41) is -0.666. The Morgan fingerprint density at radius 3 is 2.49 bits per heavy atom. The van der Waals surface area contributed by atoms with Gasteiger partial charge in [-0.1, -0.05) is 29.3 Å². The van der Waals surface area contributed by atoms with Crippen LogP contribution in [0.5, 0.6) is 11.5 Å². The van der Waals surface area contributed by atoms with Crippen LogP contribution in [0.4, 0.5) is 8.78 Å². The molecule has 15 heteroatoms. The van der Waals surface area contributed by atoms with Crippen molar-refractivity contribution in [2.24, 2.45) is 5.92 Å². The molecule has 2 aliphatic rings. The molecule has 1 aliphatic heterocycles. The molecule has 0 spiro atoms. The number of aryl methyl sites for hydroxylation is 2. The number of aromatic nitrogens is 1. The number of pyridine rings is 1. The number of rotatable bonds is 12. The number of carbonyl (C=O) groups excluding carboxylic acids is 1. The third-order valence-electron chi connectivity index (χ3n) is 6.96. The Bertz CT molecular complexity index is 1580. The average molecular weight is 694 g/mol. The minimum Gasteiger partial charge on any atom is -0.489 e. The van der Waals surface area contributed by atoms with E-state index in [0.29, 0.717) is 34.3 Å². The molecule has 3 heterocycles. The van der Waals surface area contributed by atoms with E-state index in [9.17, 15) is 22.0 Å². The number of halogens is 4. The zero-order valence-electron chi connectivity index (χ0n) is 23.1. The molecule has 0 amide bonds. The molecule has 2 atom stereocenters. The van der Waals surface area contributed by atoms with Crippen molar-refractivity contribution < 1.29 is 36.2 Å². The van der Waals surface area contributed by atoms with Gasteiger partial charge in [-0.15, -0.1) is 23.1 Å². The predicted molar refractivity (Wildman–Crippen MR) is 162 cm³/mol. The van der Waals surface area contributed by atoms with E-state index >= 15 is 0 Å². The van der Waals surface area contributed by atoms with Gasteiger partial charge < -0.3 is 14.2 Å². The first-order valence-electron chi connectivity index (χ1n) is 13.3. The molecule has 0 radical (unpaired) electrons. The number of carbonyl (C=O) groups is 1. The molecule has 232 valence electrons. The van der Waals surface area contributed by atoms with Crippen molar-refractivity contribution in [3.8, 4) is 11.5 Å². The third-order valence-corrected chi connectivity index (χ3v) is 12.0. The van der Waals surface area contributed by atoms with Crippen LogP contribution in [0.2, 0.25) is 10.0 Å². The van der Waals surface area contributed by atoms with Crippen LogP contribution in [0.1, 0.15) is 39.8 Å². The SMILES string of the molecule is Cc1cc(S(=O)(=O)N2CCSC2C(=O)OC(Cc2c(Cl)cncc2Cl)c2ccc(OC(F)F)c(OCC3CC3)c2)c(C)s1. The van der Waals surface area contributed by atoms with Gasteiger partial charge in [-0.05, 0) is 61.9 Å². The summed E-state index contributed by atoms with van der Waals surface area (Å²) in [6.07, 6.45) is 3.72. The maximum absolute atomic E-state index is 13.7. The summed E-state index contributed by atoms with van der Waals surface area (Å²) in [4.78, 5) is 19.3. The molecule has 1 aliphatic carbocycles. The van der Waals surface area contributed by atoms with E-state index in [1.165, 1.54) is 41.9 Å². The van der Waals surface area contributed by atoms with Crippen LogP contribution in [0.15, 0.2) is 41.6 Å². The summed E-state index contributed by atoms with van der Waals surface area (Å²) in [5.74, 6) is -0.147. The van der Waals surface area contributed by atoms with Crippen molar-refractivity contribution in [3.05, 3.63) is 67.6 Å².